The zero-order valence-corrected chi connectivity index (χ0v) is 12.3. The zero-order valence-electron chi connectivity index (χ0n) is 12.3. The number of amides is 1. The van der Waals surface area contributed by atoms with Gasteiger partial charge in [-0.25, -0.2) is 4.79 Å². The standard InChI is InChI=1S/C15H19N3O3/c1-20-14-4-3-11(8-16)7-12(14)9-18-6-5-13(10-18)17-15(19)21-2/h3-4,7,13H,5-6,9-10H2,1-2H3,(H,17,19). The maximum absolute atomic E-state index is 11.2. The Kier molecular flexibility index (Phi) is 5.01. The monoisotopic (exact) mass is 289 g/mol. The van der Waals surface area contributed by atoms with Crippen LogP contribution in [0.1, 0.15) is 17.5 Å². The third-order valence-corrected chi connectivity index (χ3v) is 3.58. The zero-order chi connectivity index (χ0) is 15.2. The second-order valence-electron chi connectivity index (χ2n) is 5.00. The van der Waals surface area contributed by atoms with E-state index in [2.05, 4.69) is 21.0 Å². The molecule has 6 nitrogen and oxygen atoms in total. The van der Waals surface area contributed by atoms with Crippen molar-refractivity contribution in [2.45, 2.75) is 19.0 Å². The van der Waals surface area contributed by atoms with Crippen molar-refractivity contribution < 1.29 is 14.3 Å². The van der Waals surface area contributed by atoms with Crippen LogP contribution in [0.25, 0.3) is 0 Å². The Morgan fingerprint density at radius 1 is 1.52 bits per heavy atom. The molecule has 1 fully saturated rings. The van der Waals surface area contributed by atoms with Gasteiger partial charge in [-0.2, -0.15) is 5.26 Å². The maximum atomic E-state index is 11.2. The molecule has 0 bridgehead atoms. The number of likely N-dealkylation sites (tertiary alicyclic amines) is 1. The summed E-state index contributed by atoms with van der Waals surface area (Å²) in [4.78, 5) is 13.4. The molecular weight excluding hydrogens is 270 g/mol. The second-order valence-corrected chi connectivity index (χ2v) is 5.00. The number of rotatable bonds is 4. The van der Waals surface area contributed by atoms with Crippen molar-refractivity contribution >= 4 is 6.09 Å². The smallest absolute Gasteiger partial charge is 0.407 e. The molecule has 1 aromatic carbocycles. The summed E-state index contributed by atoms with van der Waals surface area (Å²) < 4.78 is 9.95. The predicted octanol–water partition coefficient (Wildman–Crippen LogP) is 1.50. The summed E-state index contributed by atoms with van der Waals surface area (Å²) in [5.74, 6) is 0.776. The number of carbonyl (C=O) groups is 1. The number of nitriles is 1. The fraction of sp³-hybridized carbons (Fsp3) is 0.467. The summed E-state index contributed by atoms with van der Waals surface area (Å²) in [5.41, 5.74) is 1.60. The van der Waals surface area contributed by atoms with Crippen LogP contribution < -0.4 is 10.1 Å². The van der Waals surface area contributed by atoms with Crippen LogP contribution in [0.15, 0.2) is 18.2 Å². The molecule has 1 heterocycles. The molecular formula is C15H19N3O3. The highest BCUT2D eigenvalue weighted by Crippen LogP contribution is 2.23. The number of methoxy groups -OCH3 is 2. The van der Waals surface area contributed by atoms with E-state index in [1.54, 1.807) is 13.2 Å². The van der Waals surface area contributed by atoms with Gasteiger partial charge in [0.15, 0.2) is 0 Å². The average Bonchev–Trinajstić information content (AvgIpc) is 2.94. The Morgan fingerprint density at radius 2 is 2.33 bits per heavy atom. The molecule has 1 atom stereocenters. The van der Waals surface area contributed by atoms with E-state index in [-0.39, 0.29) is 6.04 Å². The van der Waals surface area contributed by atoms with E-state index in [1.807, 2.05) is 12.1 Å². The van der Waals surface area contributed by atoms with Gasteiger partial charge in [0.2, 0.25) is 0 Å². The first-order chi connectivity index (χ1) is 10.2. The van der Waals surface area contributed by atoms with Gasteiger partial charge in [-0.15, -0.1) is 0 Å². The molecule has 0 radical (unpaired) electrons. The van der Waals surface area contributed by atoms with E-state index in [4.69, 9.17) is 10.00 Å². The first-order valence-corrected chi connectivity index (χ1v) is 6.80. The molecule has 0 aromatic heterocycles. The third-order valence-electron chi connectivity index (χ3n) is 3.58. The molecule has 1 aromatic rings. The fourth-order valence-electron chi connectivity index (χ4n) is 2.53. The summed E-state index contributed by atoms with van der Waals surface area (Å²) >= 11 is 0. The molecule has 2 rings (SSSR count). The summed E-state index contributed by atoms with van der Waals surface area (Å²) in [6.45, 7) is 2.33. The molecule has 6 heteroatoms. The van der Waals surface area contributed by atoms with Gasteiger partial charge in [0.25, 0.3) is 0 Å². The lowest BCUT2D eigenvalue weighted by Gasteiger charge is -2.18. The highest BCUT2D eigenvalue weighted by Gasteiger charge is 2.24. The third kappa shape index (κ3) is 3.86. The predicted molar refractivity (Wildman–Crippen MR) is 76.9 cm³/mol. The van der Waals surface area contributed by atoms with Crippen molar-refractivity contribution in [3.05, 3.63) is 29.3 Å². The Morgan fingerprint density at radius 3 is 3.00 bits per heavy atom. The quantitative estimate of drug-likeness (QED) is 0.909. The van der Waals surface area contributed by atoms with E-state index in [9.17, 15) is 4.79 Å². The van der Waals surface area contributed by atoms with Crippen molar-refractivity contribution in [3.63, 3.8) is 0 Å². The van der Waals surface area contributed by atoms with Crippen LogP contribution in [0.3, 0.4) is 0 Å². The summed E-state index contributed by atoms with van der Waals surface area (Å²) in [6, 6.07) is 7.64. The Hall–Kier alpha value is -2.26. The molecule has 0 aliphatic carbocycles. The lowest BCUT2D eigenvalue weighted by atomic mass is 10.1. The first kappa shape index (κ1) is 15.1. The van der Waals surface area contributed by atoms with E-state index in [1.165, 1.54) is 7.11 Å². The lowest BCUT2D eigenvalue weighted by Crippen LogP contribution is -2.36. The minimum absolute atomic E-state index is 0.0996. The number of hydrogen-bond donors (Lipinski definition) is 1. The highest BCUT2D eigenvalue weighted by molar-refractivity contribution is 5.67. The number of carbonyl (C=O) groups excluding carboxylic acids is 1. The van der Waals surface area contributed by atoms with Crippen molar-refractivity contribution in [2.24, 2.45) is 0 Å². The Balaban J connectivity index is 2.00. The molecule has 0 saturated carbocycles. The first-order valence-electron chi connectivity index (χ1n) is 6.80. The SMILES string of the molecule is COC(=O)NC1CCN(Cc2cc(C#N)ccc2OC)C1. The van der Waals surface area contributed by atoms with Gasteiger partial charge in [0, 0.05) is 31.2 Å². The summed E-state index contributed by atoms with van der Waals surface area (Å²) in [6.07, 6.45) is 0.487. The number of alkyl carbamates (subject to hydrolysis) is 1. The van der Waals surface area contributed by atoms with Crippen LogP contribution in [0.5, 0.6) is 5.75 Å². The van der Waals surface area contributed by atoms with Crippen LogP contribution in [0.4, 0.5) is 4.79 Å². The molecule has 0 spiro atoms. The number of hydrogen-bond acceptors (Lipinski definition) is 5. The highest BCUT2D eigenvalue weighted by atomic mass is 16.5. The van der Waals surface area contributed by atoms with Crippen LogP contribution >= 0.6 is 0 Å². The van der Waals surface area contributed by atoms with Crippen molar-refractivity contribution in [1.29, 1.82) is 5.26 Å². The molecule has 21 heavy (non-hydrogen) atoms. The molecule has 1 aliphatic rings. The topological polar surface area (TPSA) is 74.6 Å². The summed E-state index contributed by atoms with van der Waals surface area (Å²) in [5, 5.41) is 11.8. The average molecular weight is 289 g/mol. The van der Waals surface area contributed by atoms with E-state index in [0.717, 1.165) is 30.8 Å². The van der Waals surface area contributed by atoms with E-state index < -0.39 is 6.09 Å². The van der Waals surface area contributed by atoms with Crippen molar-refractivity contribution in [2.75, 3.05) is 27.3 Å². The Labute approximate surface area is 124 Å². The van der Waals surface area contributed by atoms with Gasteiger partial charge in [0.05, 0.1) is 25.9 Å². The second kappa shape index (κ2) is 6.95. The molecule has 112 valence electrons. The van der Waals surface area contributed by atoms with Gasteiger partial charge < -0.3 is 14.8 Å². The molecule has 1 saturated heterocycles. The molecule has 1 aliphatic heterocycles. The number of ether oxygens (including phenoxy) is 2. The van der Waals surface area contributed by atoms with Gasteiger partial charge in [0.1, 0.15) is 5.75 Å². The fourth-order valence-corrected chi connectivity index (χ4v) is 2.53. The number of benzene rings is 1. The van der Waals surface area contributed by atoms with Crippen LogP contribution in [-0.2, 0) is 11.3 Å². The maximum Gasteiger partial charge on any atom is 0.407 e. The van der Waals surface area contributed by atoms with Crippen LogP contribution in [0, 0.1) is 11.3 Å². The summed E-state index contributed by atoms with van der Waals surface area (Å²) in [7, 11) is 2.98. The largest absolute Gasteiger partial charge is 0.496 e. The Bertz CT molecular complexity index is 554. The van der Waals surface area contributed by atoms with Gasteiger partial charge >= 0.3 is 6.09 Å². The normalized spacial score (nSPS) is 18.0. The van der Waals surface area contributed by atoms with Crippen LogP contribution in [0.2, 0.25) is 0 Å². The number of nitrogens with one attached hydrogen (secondary N) is 1. The minimum atomic E-state index is -0.397. The van der Waals surface area contributed by atoms with E-state index >= 15 is 0 Å². The van der Waals surface area contributed by atoms with Gasteiger partial charge in [-0.1, -0.05) is 0 Å². The molecule has 1 unspecified atom stereocenters. The number of nitrogens with zero attached hydrogens (tertiary/aromatic N) is 2. The minimum Gasteiger partial charge on any atom is -0.496 e. The molecule has 1 amide bonds. The van der Waals surface area contributed by atoms with Gasteiger partial charge in [-0.3, -0.25) is 4.90 Å². The van der Waals surface area contributed by atoms with E-state index in [0.29, 0.717) is 12.1 Å². The van der Waals surface area contributed by atoms with Crippen LogP contribution in [-0.4, -0.2) is 44.3 Å². The van der Waals surface area contributed by atoms with Crippen molar-refractivity contribution in [1.82, 2.24) is 10.2 Å². The van der Waals surface area contributed by atoms with Gasteiger partial charge in [-0.05, 0) is 24.6 Å². The lowest BCUT2D eigenvalue weighted by molar-refractivity contribution is 0.166. The van der Waals surface area contributed by atoms with Crippen molar-refractivity contribution in [3.8, 4) is 11.8 Å². The molecule has 1 N–H and O–H groups in total.